The van der Waals surface area contributed by atoms with Gasteiger partial charge in [0.1, 0.15) is 30.5 Å². The molecule has 1 aromatic carbocycles. The highest BCUT2D eigenvalue weighted by atomic mass is 19.1. The normalized spacial score (nSPS) is 30.2. The minimum Gasteiger partial charge on any atom is -0.462 e. The minimum absolute atomic E-state index is 0.0815. The van der Waals surface area contributed by atoms with Crippen LogP contribution < -0.4 is 0 Å². The zero-order chi connectivity index (χ0) is 19.3. The van der Waals surface area contributed by atoms with E-state index in [2.05, 4.69) is 4.98 Å². The third-order valence-electron chi connectivity index (χ3n) is 5.88. The van der Waals surface area contributed by atoms with Crippen LogP contribution in [0.4, 0.5) is 4.39 Å². The Morgan fingerprint density at radius 2 is 2.21 bits per heavy atom. The fraction of sp³-hybridized carbons (Fsp3) is 0.381. The van der Waals surface area contributed by atoms with Crippen molar-refractivity contribution in [2.75, 3.05) is 6.61 Å². The van der Waals surface area contributed by atoms with Gasteiger partial charge in [-0.1, -0.05) is 6.07 Å². The van der Waals surface area contributed by atoms with E-state index >= 15 is 0 Å². The van der Waals surface area contributed by atoms with Crippen LogP contribution in [0, 0.1) is 17.7 Å². The topological polar surface area (TPSA) is 74.7 Å². The minimum atomic E-state index is -0.669. The molecule has 1 aromatic heterocycles. The van der Waals surface area contributed by atoms with Crippen molar-refractivity contribution >= 4 is 11.9 Å². The summed E-state index contributed by atoms with van der Waals surface area (Å²) in [6, 6.07) is 8.09. The molecule has 144 valence electrons. The number of ether oxygens (including phenoxy) is 3. The maximum Gasteiger partial charge on any atom is 0.313 e. The number of rotatable bonds is 4. The lowest BCUT2D eigenvalue weighted by atomic mass is 9.73. The van der Waals surface area contributed by atoms with Gasteiger partial charge in [0.25, 0.3) is 0 Å². The van der Waals surface area contributed by atoms with Crippen molar-refractivity contribution in [3.05, 3.63) is 54.1 Å². The van der Waals surface area contributed by atoms with E-state index in [1.165, 1.54) is 12.1 Å². The van der Waals surface area contributed by atoms with Crippen LogP contribution in [0.25, 0.3) is 11.1 Å². The number of hydrogen-bond donors (Lipinski definition) is 0. The molecule has 0 radical (unpaired) electrons. The highest BCUT2D eigenvalue weighted by Gasteiger charge is 2.68. The van der Waals surface area contributed by atoms with E-state index < -0.39 is 35.2 Å². The Labute approximate surface area is 160 Å². The first-order valence-corrected chi connectivity index (χ1v) is 9.27. The molecule has 3 fully saturated rings. The maximum atomic E-state index is 14.0. The number of carbonyl (C=O) groups is 2. The largest absolute Gasteiger partial charge is 0.462 e. The number of fused-ring (bicyclic) bond motifs is 1. The van der Waals surface area contributed by atoms with Crippen molar-refractivity contribution in [2.45, 2.75) is 31.2 Å². The number of carbonyl (C=O) groups excluding carboxylic acids is 2. The van der Waals surface area contributed by atoms with Crippen LogP contribution in [0.5, 0.6) is 0 Å². The van der Waals surface area contributed by atoms with Gasteiger partial charge in [0.2, 0.25) is 0 Å². The first-order chi connectivity index (χ1) is 13.6. The van der Waals surface area contributed by atoms with Crippen LogP contribution in [-0.4, -0.2) is 35.2 Å². The Hall–Kier alpha value is -2.80. The van der Waals surface area contributed by atoms with E-state index in [0.717, 1.165) is 12.0 Å². The number of pyridine rings is 1. The fourth-order valence-electron chi connectivity index (χ4n) is 4.64. The Morgan fingerprint density at radius 1 is 1.32 bits per heavy atom. The average Bonchev–Trinajstić information content (AvgIpc) is 3.37. The highest BCUT2D eigenvalue weighted by molar-refractivity contribution is 5.86. The van der Waals surface area contributed by atoms with Gasteiger partial charge in [0.05, 0.1) is 12.0 Å². The first kappa shape index (κ1) is 17.3. The highest BCUT2D eigenvalue weighted by Crippen LogP contribution is 2.55. The van der Waals surface area contributed by atoms with E-state index in [-0.39, 0.29) is 19.3 Å². The van der Waals surface area contributed by atoms with Gasteiger partial charge in [-0.2, -0.15) is 0 Å². The van der Waals surface area contributed by atoms with E-state index in [4.69, 9.17) is 14.2 Å². The average molecular weight is 383 g/mol. The van der Waals surface area contributed by atoms with Gasteiger partial charge in [-0.15, -0.1) is 0 Å². The van der Waals surface area contributed by atoms with E-state index in [1.807, 2.05) is 6.07 Å². The molecule has 0 amide bonds. The summed E-state index contributed by atoms with van der Waals surface area (Å²) in [5.41, 5.74) is 1.28. The molecule has 4 heterocycles. The van der Waals surface area contributed by atoms with Crippen LogP contribution in [0.15, 0.2) is 42.7 Å². The lowest BCUT2D eigenvalue weighted by molar-refractivity contribution is -0.158. The third-order valence-corrected chi connectivity index (χ3v) is 5.88. The molecule has 28 heavy (non-hydrogen) atoms. The molecule has 0 unspecified atom stereocenters. The van der Waals surface area contributed by atoms with Crippen LogP contribution in [0.1, 0.15) is 18.4 Å². The van der Waals surface area contributed by atoms with E-state index in [9.17, 15) is 14.0 Å². The first-order valence-electron chi connectivity index (χ1n) is 9.27. The number of cyclic esters (lactones) is 1. The van der Waals surface area contributed by atoms with Gasteiger partial charge in [-0.25, -0.2) is 4.39 Å². The summed E-state index contributed by atoms with van der Waals surface area (Å²) in [6.45, 7) is 0.122. The van der Waals surface area contributed by atoms with Crippen molar-refractivity contribution < 1.29 is 28.2 Å². The van der Waals surface area contributed by atoms with Crippen molar-refractivity contribution in [3.63, 3.8) is 0 Å². The second-order valence-electron chi connectivity index (χ2n) is 7.57. The predicted molar refractivity (Wildman–Crippen MR) is 94.2 cm³/mol. The Morgan fingerprint density at radius 3 is 3.04 bits per heavy atom. The molecule has 0 saturated carbocycles. The number of benzene rings is 1. The van der Waals surface area contributed by atoms with Gasteiger partial charge in [0.15, 0.2) is 0 Å². The lowest BCUT2D eigenvalue weighted by Crippen LogP contribution is -2.41. The Bertz CT molecular complexity index is 949. The molecule has 3 aliphatic rings. The van der Waals surface area contributed by atoms with Crippen molar-refractivity contribution in [1.29, 1.82) is 0 Å². The van der Waals surface area contributed by atoms with E-state index in [1.54, 1.807) is 24.5 Å². The summed E-state index contributed by atoms with van der Waals surface area (Å²) in [5.74, 6) is -2.57. The fourth-order valence-corrected chi connectivity index (χ4v) is 4.64. The van der Waals surface area contributed by atoms with Crippen LogP contribution >= 0.6 is 0 Å². The second-order valence-corrected chi connectivity index (χ2v) is 7.57. The molecule has 5 rings (SSSR count). The molecule has 7 heteroatoms. The number of hydrogen-bond acceptors (Lipinski definition) is 6. The summed E-state index contributed by atoms with van der Waals surface area (Å²) < 4.78 is 30.6. The Balaban J connectivity index is 1.32. The zero-order valence-electron chi connectivity index (χ0n) is 15.0. The zero-order valence-corrected chi connectivity index (χ0v) is 15.0. The maximum absolute atomic E-state index is 14.0. The van der Waals surface area contributed by atoms with Crippen molar-refractivity contribution in [3.8, 4) is 11.1 Å². The van der Waals surface area contributed by atoms with Gasteiger partial charge >= 0.3 is 11.9 Å². The van der Waals surface area contributed by atoms with Crippen molar-refractivity contribution in [1.82, 2.24) is 4.98 Å². The summed E-state index contributed by atoms with van der Waals surface area (Å²) in [7, 11) is 0. The molecule has 4 atom stereocenters. The number of halogens is 1. The standard InChI is InChI=1S/C21H18FNO5/c22-15-7-12(6-14(8-15)13-2-1-5-23-9-13)10-26-19(24)17-16-3-4-21(28-16)11-27-20(25)18(17)21/h1-2,5-9,16-18H,3-4,10-11H2/t16-,17-,18+,21-/m1/s1. The van der Waals surface area contributed by atoms with Crippen molar-refractivity contribution in [2.24, 2.45) is 11.8 Å². The third kappa shape index (κ3) is 2.69. The lowest BCUT2D eigenvalue weighted by Gasteiger charge is -2.25. The molecular weight excluding hydrogens is 365 g/mol. The molecule has 1 spiro atoms. The number of esters is 2. The smallest absolute Gasteiger partial charge is 0.313 e. The predicted octanol–water partition coefficient (Wildman–Crippen LogP) is 2.65. The van der Waals surface area contributed by atoms with Gasteiger partial charge in [-0.3, -0.25) is 14.6 Å². The second kappa shape index (κ2) is 6.38. The summed E-state index contributed by atoms with van der Waals surface area (Å²) in [6.07, 6.45) is 4.39. The Kier molecular flexibility index (Phi) is 3.94. The molecule has 0 N–H and O–H groups in total. The monoisotopic (exact) mass is 383 g/mol. The van der Waals surface area contributed by atoms with Crippen LogP contribution in [-0.2, 0) is 30.4 Å². The quantitative estimate of drug-likeness (QED) is 0.756. The van der Waals surface area contributed by atoms with E-state index in [0.29, 0.717) is 17.5 Å². The van der Waals surface area contributed by atoms with Gasteiger partial charge in [-0.05, 0) is 48.2 Å². The van der Waals surface area contributed by atoms with Gasteiger partial charge in [0, 0.05) is 18.0 Å². The summed E-state index contributed by atoms with van der Waals surface area (Å²) >= 11 is 0. The van der Waals surface area contributed by atoms with Crippen LogP contribution in [0.2, 0.25) is 0 Å². The molecule has 6 nitrogen and oxygen atoms in total. The van der Waals surface area contributed by atoms with Gasteiger partial charge < -0.3 is 14.2 Å². The molecule has 0 aliphatic carbocycles. The number of aromatic nitrogens is 1. The number of nitrogens with zero attached hydrogens (tertiary/aromatic N) is 1. The molecule has 2 aromatic rings. The van der Waals surface area contributed by atoms with Crippen LogP contribution in [0.3, 0.4) is 0 Å². The molecule has 3 saturated heterocycles. The SMILES string of the molecule is O=C(OCc1cc(F)cc(-c2cccnc2)c1)[C@H]1[C@H]2C(=O)OC[C@]23CC[C@H]1O3. The summed E-state index contributed by atoms with van der Waals surface area (Å²) in [5, 5.41) is 0. The molecule has 3 aliphatic heterocycles. The molecular formula is C21H18FNO5. The summed E-state index contributed by atoms with van der Waals surface area (Å²) in [4.78, 5) is 28.9. The molecule has 2 bridgehead atoms.